The third kappa shape index (κ3) is 7.81. The maximum atomic E-state index is 12.4. The van der Waals surface area contributed by atoms with Crippen molar-refractivity contribution in [2.75, 3.05) is 13.2 Å². The first-order valence-corrected chi connectivity index (χ1v) is 20.5. The molecule has 0 spiro atoms. The Hall–Kier alpha value is -2.08. The molecular weight excluding hydrogens is 649 g/mol. The fraction of sp³-hybridized carbons (Fsp3) is 0.775. The van der Waals surface area contributed by atoms with Gasteiger partial charge in [-0.2, -0.15) is 5.26 Å². The van der Waals surface area contributed by atoms with E-state index in [9.17, 15) is 9.59 Å². The summed E-state index contributed by atoms with van der Waals surface area (Å²) in [5.41, 5.74) is 1.79. The highest BCUT2D eigenvalue weighted by Crippen LogP contribution is 2.67. The number of ether oxygens (including phenoxy) is 1. The molecule has 0 aromatic carbocycles. The Bertz CT molecular complexity index is 1560. The van der Waals surface area contributed by atoms with Gasteiger partial charge in [0.25, 0.3) is 5.56 Å². The van der Waals surface area contributed by atoms with Crippen LogP contribution in [0.1, 0.15) is 123 Å². The van der Waals surface area contributed by atoms with Crippen LogP contribution in [0.3, 0.4) is 0 Å². The second-order valence-corrected chi connectivity index (χ2v) is 18.1. The highest BCUT2D eigenvalue weighted by molar-refractivity contribution is 7.41. The van der Waals surface area contributed by atoms with Crippen LogP contribution in [-0.4, -0.2) is 35.0 Å². The number of aromatic amines is 1. The number of hydrogen-bond donors (Lipinski definition) is 1. The maximum absolute atomic E-state index is 12.4. The predicted octanol–water partition coefficient (Wildman–Crippen LogP) is 8.90. The van der Waals surface area contributed by atoms with E-state index < -0.39 is 32.2 Å². The van der Waals surface area contributed by atoms with Crippen molar-refractivity contribution >= 4 is 8.60 Å². The van der Waals surface area contributed by atoms with E-state index in [2.05, 4.69) is 51.7 Å². The fourth-order valence-corrected chi connectivity index (χ4v) is 11.9. The van der Waals surface area contributed by atoms with Crippen molar-refractivity contribution in [1.29, 1.82) is 5.26 Å². The van der Waals surface area contributed by atoms with Crippen molar-refractivity contribution in [3.8, 4) is 6.07 Å². The molecule has 3 fully saturated rings. The van der Waals surface area contributed by atoms with Gasteiger partial charge in [-0.15, -0.1) is 0 Å². The number of nitriles is 1. The van der Waals surface area contributed by atoms with Gasteiger partial charge < -0.3 is 18.3 Å². The molecule has 1 aliphatic heterocycles. The largest absolute Gasteiger partial charge is 0.344 e. The molecule has 0 amide bonds. The Balaban J connectivity index is 1.06. The summed E-state index contributed by atoms with van der Waals surface area (Å²) in [5.74, 6) is 4.88. The van der Waals surface area contributed by atoms with Crippen molar-refractivity contribution in [3.63, 3.8) is 0 Å². The molecule has 10 heteroatoms. The summed E-state index contributed by atoms with van der Waals surface area (Å²) in [6.45, 7) is 14.6. The topological polar surface area (TPSA) is 116 Å². The SMILES string of the molecule is Cc1cn([C@H]2C=C[C@@H](COP(OCCC#N)O[C@H]3CC[C@@]4(C)C(=CC[C@H]5[C@@H]6CC[C@H]([C@H](C)CCCC(C)C)[C@@]6(C)CC[C@@H]54)C3)O2)c(=O)[nH]c1=O. The molecule has 6 rings (SSSR count). The quantitative estimate of drug-likeness (QED) is 0.117. The number of nitrogens with zero attached hydrogens (tertiary/aromatic N) is 2. The molecule has 2 heterocycles. The van der Waals surface area contributed by atoms with Crippen LogP contribution >= 0.6 is 8.60 Å². The van der Waals surface area contributed by atoms with E-state index in [1.807, 2.05) is 6.08 Å². The van der Waals surface area contributed by atoms with Crippen LogP contribution in [0.25, 0.3) is 0 Å². The number of fused-ring (bicyclic) bond motifs is 5. The molecule has 11 atom stereocenters. The highest BCUT2D eigenvalue weighted by Gasteiger charge is 2.59. The molecule has 50 heavy (non-hydrogen) atoms. The smallest absolute Gasteiger partial charge is 0.333 e. The Labute approximate surface area is 300 Å². The van der Waals surface area contributed by atoms with Gasteiger partial charge in [-0.1, -0.05) is 71.6 Å². The minimum Gasteiger partial charge on any atom is -0.344 e. The normalized spacial score (nSPS) is 36.0. The first-order valence-electron chi connectivity index (χ1n) is 19.4. The standard InChI is InChI=1S/C40H60N3O6P/c1-26(2)9-7-10-27(3)33-14-15-34-32-13-11-29-23-30(17-19-39(29,5)35(32)18-20-40(33,34)6)49-50(46-22-8-21-41)47-25-31-12-16-36(48-31)43-24-28(4)37(44)42-38(43)45/h11-12,16,24,26-27,30-36H,7-10,13-15,17-20,22-23,25H2,1-6H3,(H,42,44,45)/t27-,30+,31+,32+,33-,34+,35+,36-,39+,40-,50?/m1/s1. The molecule has 0 radical (unpaired) electrons. The molecule has 1 aromatic rings. The number of aromatic nitrogens is 2. The minimum absolute atomic E-state index is 0.00552. The number of hydrogen-bond acceptors (Lipinski definition) is 7. The van der Waals surface area contributed by atoms with Gasteiger partial charge in [0.15, 0.2) is 6.23 Å². The van der Waals surface area contributed by atoms with Crippen LogP contribution in [0.5, 0.6) is 0 Å². The zero-order valence-corrected chi connectivity index (χ0v) is 32.1. The summed E-state index contributed by atoms with van der Waals surface area (Å²) in [5, 5.41) is 9.13. The average Bonchev–Trinajstić information content (AvgIpc) is 3.69. The molecule has 3 saturated carbocycles. The summed E-state index contributed by atoms with van der Waals surface area (Å²) in [6, 6.07) is 2.14. The van der Waals surface area contributed by atoms with Crippen molar-refractivity contribution in [3.05, 3.63) is 56.4 Å². The van der Waals surface area contributed by atoms with Crippen molar-refractivity contribution in [1.82, 2.24) is 9.55 Å². The molecule has 0 saturated heterocycles. The third-order valence-electron chi connectivity index (χ3n) is 13.5. The second kappa shape index (κ2) is 15.9. The number of H-pyrrole nitrogens is 1. The van der Waals surface area contributed by atoms with Crippen molar-refractivity contribution in [2.45, 2.75) is 137 Å². The van der Waals surface area contributed by atoms with E-state index in [1.165, 1.54) is 62.1 Å². The Kier molecular flexibility index (Phi) is 12.0. The van der Waals surface area contributed by atoms with Gasteiger partial charge in [0.1, 0.15) is 6.10 Å². The van der Waals surface area contributed by atoms with Crippen LogP contribution in [0.2, 0.25) is 0 Å². The predicted molar refractivity (Wildman–Crippen MR) is 196 cm³/mol. The zero-order valence-electron chi connectivity index (χ0n) is 31.2. The monoisotopic (exact) mass is 709 g/mol. The lowest BCUT2D eigenvalue weighted by atomic mass is 9.47. The van der Waals surface area contributed by atoms with Crippen LogP contribution in [0, 0.1) is 64.6 Å². The first kappa shape index (κ1) is 37.7. The molecule has 1 unspecified atom stereocenters. The highest BCUT2D eigenvalue weighted by atomic mass is 31.2. The number of rotatable bonds is 14. The summed E-state index contributed by atoms with van der Waals surface area (Å²) in [7, 11) is -1.69. The van der Waals surface area contributed by atoms with Gasteiger partial charge in [-0.25, -0.2) is 4.79 Å². The van der Waals surface area contributed by atoms with Gasteiger partial charge in [-0.3, -0.25) is 14.3 Å². The molecule has 4 aliphatic carbocycles. The molecule has 1 N–H and O–H groups in total. The first-order chi connectivity index (χ1) is 23.9. The lowest BCUT2D eigenvalue weighted by molar-refractivity contribution is -0.0573. The lowest BCUT2D eigenvalue weighted by Gasteiger charge is -2.58. The van der Waals surface area contributed by atoms with Gasteiger partial charge in [0, 0.05) is 11.8 Å². The molecule has 5 aliphatic rings. The van der Waals surface area contributed by atoms with Gasteiger partial charge in [-0.05, 0) is 111 Å². The second-order valence-electron chi connectivity index (χ2n) is 16.9. The van der Waals surface area contributed by atoms with Crippen molar-refractivity contribution < 1.29 is 18.3 Å². The summed E-state index contributed by atoms with van der Waals surface area (Å²) in [6.07, 6.45) is 20.8. The third-order valence-corrected chi connectivity index (χ3v) is 14.7. The number of nitrogens with one attached hydrogen (secondary N) is 1. The maximum Gasteiger partial charge on any atom is 0.333 e. The zero-order chi connectivity index (χ0) is 35.6. The summed E-state index contributed by atoms with van der Waals surface area (Å²) < 4.78 is 26.1. The summed E-state index contributed by atoms with van der Waals surface area (Å²) in [4.78, 5) is 26.5. The summed E-state index contributed by atoms with van der Waals surface area (Å²) >= 11 is 0. The molecule has 9 nitrogen and oxygen atoms in total. The minimum atomic E-state index is -1.69. The average molecular weight is 710 g/mol. The van der Waals surface area contributed by atoms with E-state index in [4.69, 9.17) is 23.6 Å². The Morgan fingerprint density at radius 2 is 1.90 bits per heavy atom. The Morgan fingerprint density at radius 1 is 1.08 bits per heavy atom. The van der Waals surface area contributed by atoms with Gasteiger partial charge in [0.2, 0.25) is 0 Å². The lowest BCUT2D eigenvalue weighted by Crippen LogP contribution is -2.50. The fourth-order valence-electron chi connectivity index (χ4n) is 10.8. The molecule has 1 aromatic heterocycles. The number of aryl methyl sites for hydroxylation is 1. The molecular formula is C40H60N3O6P. The van der Waals surface area contributed by atoms with E-state index in [0.717, 1.165) is 54.8 Å². The van der Waals surface area contributed by atoms with Crippen LogP contribution in [-0.2, 0) is 18.3 Å². The van der Waals surface area contributed by atoms with E-state index in [0.29, 0.717) is 11.0 Å². The molecule has 276 valence electrons. The van der Waals surface area contributed by atoms with Crippen molar-refractivity contribution in [2.24, 2.45) is 46.3 Å². The van der Waals surface area contributed by atoms with Crippen LogP contribution in [0.4, 0.5) is 0 Å². The van der Waals surface area contributed by atoms with E-state index >= 15 is 0 Å². The van der Waals surface area contributed by atoms with E-state index in [1.54, 1.807) is 18.6 Å². The van der Waals surface area contributed by atoms with Gasteiger partial charge in [0.05, 0.1) is 31.8 Å². The molecule has 0 bridgehead atoms. The van der Waals surface area contributed by atoms with Gasteiger partial charge >= 0.3 is 14.3 Å². The van der Waals surface area contributed by atoms with Crippen LogP contribution < -0.4 is 11.2 Å². The van der Waals surface area contributed by atoms with E-state index in [-0.39, 0.29) is 31.2 Å². The number of allylic oxidation sites excluding steroid dienone is 1. The Morgan fingerprint density at radius 3 is 2.68 bits per heavy atom. The van der Waals surface area contributed by atoms with Crippen LogP contribution in [0.15, 0.2) is 39.6 Å².